The Kier molecular flexibility index (Phi) is 5.64. The maximum atomic E-state index is 13.4. The minimum absolute atomic E-state index is 0.00448. The lowest BCUT2D eigenvalue weighted by atomic mass is 10.1. The maximum Gasteiger partial charge on any atom is 0.257 e. The second-order valence-electron chi connectivity index (χ2n) is 8.49. The van der Waals surface area contributed by atoms with Gasteiger partial charge in [0.15, 0.2) is 0 Å². The number of hydrogen-bond acceptors (Lipinski definition) is 4. The summed E-state index contributed by atoms with van der Waals surface area (Å²) in [6.07, 6.45) is 1.83. The van der Waals surface area contributed by atoms with Crippen molar-refractivity contribution in [2.75, 3.05) is 26.2 Å². The van der Waals surface area contributed by atoms with E-state index in [4.69, 9.17) is 0 Å². The first kappa shape index (κ1) is 21.3. The van der Waals surface area contributed by atoms with Crippen LogP contribution in [0, 0.1) is 19.7 Å². The molecule has 0 radical (unpaired) electrons. The summed E-state index contributed by atoms with van der Waals surface area (Å²) in [4.78, 5) is 22.2. The average molecular weight is 444 g/mol. The van der Waals surface area contributed by atoms with Crippen molar-refractivity contribution in [3.63, 3.8) is 0 Å². The lowest BCUT2D eigenvalue weighted by Gasteiger charge is -2.35. The van der Waals surface area contributed by atoms with Crippen molar-refractivity contribution in [2.45, 2.75) is 20.4 Å². The Morgan fingerprint density at radius 3 is 2.45 bits per heavy atom. The number of pyridine rings is 1. The summed E-state index contributed by atoms with van der Waals surface area (Å²) >= 11 is 0. The Hall–Kier alpha value is -3.58. The van der Waals surface area contributed by atoms with E-state index in [-0.39, 0.29) is 11.7 Å². The topological polar surface area (TPSA) is 54.3 Å². The van der Waals surface area contributed by atoms with Crippen molar-refractivity contribution < 1.29 is 9.18 Å². The third kappa shape index (κ3) is 4.12. The van der Waals surface area contributed by atoms with E-state index in [9.17, 15) is 9.18 Å². The summed E-state index contributed by atoms with van der Waals surface area (Å²) in [5.41, 5.74) is 5.08. The fourth-order valence-electron chi connectivity index (χ4n) is 4.59. The SMILES string of the molecule is Cc1nn(-c2ccc(F)cc2)c(C)c1C(=O)N1CCN(Cc2cccc3cccnc23)CC1. The summed E-state index contributed by atoms with van der Waals surface area (Å²) in [6, 6.07) is 16.5. The predicted molar refractivity (Wildman–Crippen MR) is 126 cm³/mol. The summed E-state index contributed by atoms with van der Waals surface area (Å²) in [5, 5.41) is 5.70. The fourth-order valence-corrected chi connectivity index (χ4v) is 4.59. The maximum absolute atomic E-state index is 13.4. The number of carbonyl (C=O) groups excluding carboxylic acids is 1. The van der Waals surface area contributed by atoms with E-state index in [0.29, 0.717) is 24.3 Å². The van der Waals surface area contributed by atoms with Crippen molar-refractivity contribution in [1.29, 1.82) is 0 Å². The number of para-hydroxylation sites is 1. The molecule has 5 rings (SSSR count). The number of benzene rings is 2. The van der Waals surface area contributed by atoms with Crippen LogP contribution in [0.2, 0.25) is 0 Å². The predicted octanol–water partition coefficient (Wildman–Crippen LogP) is 4.13. The molecule has 0 spiro atoms. The van der Waals surface area contributed by atoms with E-state index < -0.39 is 0 Å². The smallest absolute Gasteiger partial charge is 0.257 e. The molecule has 4 aromatic rings. The van der Waals surface area contributed by atoms with Gasteiger partial charge in [-0.15, -0.1) is 0 Å². The second kappa shape index (κ2) is 8.75. The fraction of sp³-hybridized carbons (Fsp3) is 0.269. The normalized spacial score (nSPS) is 14.7. The zero-order valence-corrected chi connectivity index (χ0v) is 18.8. The molecule has 168 valence electrons. The highest BCUT2D eigenvalue weighted by atomic mass is 19.1. The molecule has 0 saturated carbocycles. The van der Waals surface area contributed by atoms with E-state index in [2.05, 4.69) is 39.2 Å². The zero-order valence-electron chi connectivity index (χ0n) is 18.8. The van der Waals surface area contributed by atoms with Crippen LogP contribution in [0.1, 0.15) is 27.3 Å². The number of nitrogens with zero attached hydrogens (tertiary/aromatic N) is 5. The summed E-state index contributed by atoms with van der Waals surface area (Å²) < 4.78 is 15.0. The first-order valence-electron chi connectivity index (χ1n) is 11.2. The first-order chi connectivity index (χ1) is 16.0. The molecule has 1 aliphatic heterocycles. The van der Waals surface area contributed by atoms with Gasteiger partial charge in [-0.2, -0.15) is 5.10 Å². The van der Waals surface area contributed by atoms with Crippen LogP contribution in [-0.2, 0) is 6.54 Å². The number of carbonyl (C=O) groups is 1. The molecule has 0 unspecified atom stereocenters. The second-order valence-corrected chi connectivity index (χ2v) is 8.49. The van der Waals surface area contributed by atoms with Crippen LogP contribution < -0.4 is 0 Å². The van der Waals surface area contributed by atoms with Crippen molar-refractivity contribution in [1.82, 2.24) is 24.6 Å². The monoisotopic (exact) mass is 443 g/mol. The van der Waals surface area contributed by atoms with Crippen LogP contribution in [0.5, 0.6) is 0 Å². The Balaban J connectivity index is 1.29. The highest BCUT2D eigenvalue weighted by molar-refractivity contribution is 5.96. The van der Waals surface area contributed by atoms with Gasteiger partial charge in [0, 0.05) is 44.3 Å². The molecule has 33 heavy (non-hydrogen) atoms. The zero-order chi connectivity index (χ0) is 22.9. The minimum atomic E-state index is -0.297. The molecule has 0 aliphatic carbocycles. The van der Waals surface area contributed by atoms with Crippen LogP contribution in [0.3, 0.4) is 0 Å². The molecule has 1 saturated heterocycles. The number of fused-ring (bicyclic) bond motifs is 1. The molecule has 3 heterocycles. The van der Waals surface area contributed by atoms with Crippen molar-refractivity contribution >= 4 is 16.8 Å². The molecule has 1 fully saturated rings. The van der Waals surface area contributed by atoms with E-state index in [1.165, 1.54) is 17.7 Å². The highest BCUT2D eigenvalue weighted by Gasteiger charge is 2.27. The quantitative estimate of drug-likeness (QED) is 0.476. The largest absolute Gasteiger partial charge is 0.336 e. The van der Waals surface area contributed by atoms with E-state index in [1.54, 1.807) is 16.8 Å². The number of piperazine rings is 1. The van der Waals surface area contributed by atoms with E-state index >= 15 is 0 Å². The third-order valence-electron chi connectivity index (χ3n) is 6.35. The van der Waals surface area contributed by atoms with Crippen molar-refractivity contribution in [3.8, 4) is 5.69 Å². The van der Waals surface area contributed by atoms with Gasteiger partial charge in [-0.1, -0.05) is 24.3 Å². The first-order valence-corrected chi connectivity index (χ1v) is 11.2. The summed E-state index contributed by atoms with van der Waals surface area (Å²) in [7, 11) is 0. The Bertz CT molecular complexity index is 1300. The lowest BCUT2D eigenvalue weighted by Crippen LogP contribution is -2.48. The minimum Gasteiger partial charge on any atom is -0.336 e. The van der Waals surface area contributed by atoms with Crippen LogP contribution >= 0.6 is 0 Å². The average Bonchev–Trinajstić information content (AvgIpc) is 3.13. The molecule has 0 bridgehead atoms. The van der Waals surface area contributed by atoms with Crippen LogP contribution in [0.15, 0.2) is 60.8 Å². The number of hydrogen-bond donors (Lipinski definition) is 0. The molecule has 0 atom stereocenters. The molecule has 2 aromatic heterocycles. The van der Waals surface area contributed by atoms with Crippen LogP contribution in [0.4, 0.5) is 4.39 Å². The van der Waals surface area contributed by atoms with Gasteiger partial charge in [0.2, 0.25) is 0 Å². The van der Waals surface area contributed by atoms with Gasteiger partial charge in [-0.3, -0.25) is 14.7 Å². The summed E-state index contributed by atoms with van der Waals surface area (Å²) in [5.74, 6) is -0.293. The molecule has 1 amide bonds. The van der Waals surface area contributed by atoms with Gasteiger partial charge >= 0.3 is 0 Å². The number of halogens is 1. The van der Waals surface area contributed by atoms with Crippen molar-refractivity contribution in [3.05, 3.63) is 89.1 Å². The number of aromatic nitrogens is 3. The Morgan fingerprint density at radius 2 is 1.70 bits per heavy atom. The number of rotatable bonds is 4. The highest BCUT2D eigenvalue weighted by Crippen LogP contribution is 2.22. The van der Waals surface area contributed by atoms with Gasteiger partial charge < -0.3 is 4.90 Å². The van der Waals surface area contributed by atoms with Crippen LogP contribution in [0.25, 0.3) is 16.6 Å². The molecule has 6 nitrogen and oxygen atoms in total. The molecule has 7 heteroatoms. The number of aryl methyl sites for hydroxylation is 1. The van der Waals surface area contributed by atoms with E-state index in [0.717, 1.165) is 41.9 Å². The Labute approximate surface area is 192 Å². The summed E-state index contributed by atoms with van der Waals surface area (Å²) in [6.45, 7) is 7.49. The molecule has 2 aromatic carbocycles. The van der Waals surface area contributed by atoms with Gasteiger partial charge in [-0.25, -0.2) is 9.07 Å². The molecule has 1 aliphatic rings. The standard InChI is InChI=1S/C26H26FN5O/c1-18-24(19(2)32(29-18)23-10-8-22(27)9-11-23)26(33)31-15-13-30(14-16-31)17-21-6-3-5-20-7-4-12-28-25(20)21/h3-12H,13-17H2,1-2H3. The third-order valence-corrected chi connectivity index (χ3v) is 6.35. The van der Waals surface area contributed by atoms with Gasteiger partial charge in [-0.05, 0) is 49.7 Å². The van der Waals surface area contributed by atoms with Gasteiger partial charge in [0.05, 0.1) is 28.2 Å². The molecule has 0 N–H and O–H groups in total. The van der Waals surface area contributed by atoms with Crippen LogP contribution in [-0.4, -0.2) is 56.7 Å². The number of amides is 1. The molecular weight excluding hydrogens is 417 g/mol. The lowest BCUT2D eigenvalue weighted by molar-refractivity contribution is 0.0627. The Morgan fingerprint density at radius 1 is 0.970 bits per heavy atom. The van der Waals surface area contributed by atoms with E-state index in [1.807, 2.05) is 31.0 Å². The van der Waals surface area contributed by atoms with Gasteiger partial charge in [0.1, 0.15) is 5.82 Å². The van der Waals surface area contributed by atoms with Gasteiger partial charge in [0.25, 0.3) is 5.91 Å². The molecular formula is C26H26FN5O. The van der Waals surface area contributed by atoms with Crippen molar-refractivity contribution in [2.24, 2.45) is 0 Å².